The molecule has 0 heterocycles. The van der Waals surface area contributed by atoms with Crippen molar-refractivity contribution >= 4 is 5.91 Å². The summed E-state index contributed by atoms with van der Waals surface area (Å²) in [5.41, 5.74) is 7.64. The molecule has 0 radical (unpaired) electrons. The fraction of sp³-hybridized carbons (Fsp3) is 0.588. The van der Waals surface area contributed by atoms with Gasteiger partial charge in [0.25, 0.3) is 0 Å². The highest BCUT2D eigenvalue weighted by Crippen LogP contribution is 2.24. The lowest BCUT2D eigenvalue weighted by molar-refractivity contribution is -0.122. The van der Waals surface area contributed by atoms with Crippen LogP contribution in [0.2, 0.25) is 0 Å². The fourth-order valence-electron chi connectivity index (χ4n) is 1.99. The van der Waals surface area contributed by atoms with E-state index in [1.165, 1.54) is 0 Å². The summed E-state index contributed by atoms with van der Waals surface area (Å²) in [6, 6.07) is 5.57. The van der Waals surface area contributed by atoms with Crippen molar-refractivity contribution in [3.8, 4) is 5.75 Å². The van der Waals surface area contributed by atoms with E-state index in [1.54, 1.807) is 0 Å². The molecule has 0 saturated heterocycles. The van der Waals surface area contributed by atoms with Gasteiger partial charge in [-0.3, -0.25) is 4.79 Å². The lowest BCUT2D eigenvalue weighted by Gasteiger charge is -2.24. The molecule has 1 unspecified atom stereocenters. The normalized spacial score (nSPS) is 12.9. The van der Waals surface area contributed by atoms with Crippen molar-refractivity contribution in [3.63, 3.8) is 0 Å². The molecule has 1 aromatic rings. The number of nitrogens with two attached hydrogens (primary N) is 1. The molecular formula is C17H28N2O2. The number of rotatable bonds is 6. The number of carbonyl (C=O) groups is 1. The standard InChI is InChI=1S/C17H28N2O2/c1-6-7-14(18)16(20)19-11-13-9-8-12(2)10-15(13)21-17(3,4)5/h8-10,14H,6-7,11,18H2,1-5H3,(H,19,20). The van der Waals surface area contributed by atoms with E-state index in [0.29, 0.717) is 13.0 Å². The summed E-state index contributed by atoms with van der Waals surface area (Å²) >= 11 is 0. The van der Waals surface area contributed by atoms with Crippen LogP contribution in [0.4, 0.5) is 0 Å². The van der Waals surface area contributed by atoms with Crippen LogP contribution in [0.3, 0.4) is 0 Å². The number of carbonyl (C=O) groups excluding carboxylic acids is 1. The summed E-state index contributed by atoms with van der Waals surface area (Å²) in [4.78, 5) is 11.9. The monoisotopic (exact) mass is 292 g/mol. The highest BCUT2D eigenvalue weighted by molar-refractivity contribution is 5.81. The third-order valence-electron chi connectivity index (χ3n) is 3.03. The van der Waals surface area contributed by atoms with Crippen molar-refractivity contribution in [2.45, 2.75) is 65.6 Å². The van der Waals surface area contributed by atoms with Crippen LogP contribution in [0.1, 0.15) is 51.7 Å². The fourth-order valence-corrected chi connectivity index (χ4v) is 1.99. The second-order valence-corrected chi connectivity index (χ2v) is 6.44. The van der Waals surface area contributed by atoms with Crippen LogP contribution in [0.15, 0.2) is 18.2 Å². The molecule has 4 nitrogen and oxygen atoms in total. The lowest BCUT2D eigenvalue weighted by atomic mass is 10.1. The molecule has 4 heteroatoms. The summed E-state index contributed by atoms with van der Waals surface area (Å²) in [6.07, 6.45) is 1.60. The molecule has 0 bridgehead atoms. The largest absolute Gasteiger partial charge is 0.488 e. The van der Waals surface area contributed by atoms with Crippen LogP contribution in [0, 0.1) is 6.92 Å². The van der Waals surface area contributed by atoms with Gasteiger partial charge in [-0.2, -0.15) is 0 Å². The van der Waals surface area contributed by atoms with Gasteiger partial charge in [-0.15, -0.1) is 0 Å². The molecule has 0 spiro atoms. The maximum absolute atomic E-state index is 11.9. The highest BCUT2D eigenvalue weighted by atomic mass is 16.5. The van der Waals surface area contributed by atoms with Crippen molar-refractivity contribution in [2.24, 2.45) is 5.73 Å². The second kappa shape index (κ2) is 7.46. The highest BCUT2D eigenvalue weighted by Gasteiger charge is 2.16. The van der Waals surface area contributed by atoms with E-state index in [2.05, 4.69) is 5.32 Å². The van der Waals surface area contributed by atoms with E-state index in [9.17, 15) is 4.79 Å². The number of hydrogen-bond acceptors (Lipinski definition) is 3. The quantitative estimate of drug-likeness (QED) is 0.847. The van der Waals surface area contributed by atoms with Gasteiger partial charge in [0.15, 0.2) is 0 Å². The van der Waals surface area contributed by atoms with Crippen LogP contribution in [-0.2, 0) is 11.3 Å². The van der Waals surface area contributed by atoms with Gasteiger partial charge in [0.05, 0.1) is 6.04 Å². The van der Waals surface area contributed by atoms with Crippen LogP contribution >= 0.6 is 0 Å². The SMILES string of the molecule is CCCC(N)C(=O)NCc1ccc(C)cc1OC(C)(C)C. The van der Waals surface area contributed by atoms with E-state index in [4.69, 9.17) is 10.5 Å². The molecule has 3 N–H and O–H groups in total. The molecular weight excluding hydrogens is 264 g/mol. The summed E-state index contributed by atoms with van der Waals surface area (Å²) in [7, 11) is 0. The van der Waals surface area contributed by atoms with Crippen molar-refractivity contribution in [1.82, 2.24) is 5.32 Å². The molecule has 118 valence electrons. The smallest absolute Gasteiger partial charge is 0.237 e. The minimum atomic E-state index is -0.438. The molecule has 0 aliphatic rings. The molecule has 0 fully saturated rings. The summed E-state index contributed by atoms with van der Waals surface area (Å²) in [6.45, 7) is 10.5. The number of amides is 1. The van der Waals surface area contributed by atoms with E-state index >= 15 is 0 Å². The maximum atomic E-state index is 11.9. The Kier molecular flexibility index (Phi) is 6.21. The van der Waals surface area contributed by atoms with Gasteiger partial charge in [-0.05, 0) is 45.7 Å². The van der Waals surface area contributed by atoms with E-state index in [1.807, 2.05) is 52.8 Å². The maximum Gasteiger partial charge on any atom is 0.237 e. The first kappa shape index (κ1) is 17.5. The van der Waals surface area contributed by atoms with Gasteiger partial charge in [0, 0.05) is 12.1 Å². The van der Waals surface area contributed by atoms with Gasteiger partial charge >= 0.3 is 0 Å². The summed E-state index contributed by atoms with van der Waals surface area (Å²) in [5, 5.41) is 2.89. The molecule has 0 aromatic heterocycles. The van der Waals surface area contributed by atoms with Gasteiger partial charge in [0.2, 0.25) is 5.91 Å². The summed E-state index contributed by atoms with van der Waals surface area (Å²) < 4.78 is 5.97. The zero-order valence-electron chi connectivity index (χ0n) is 13.8. The van der Waals surface area contributed by atoms with E-state index in [0.717, 1.165) is 23.3 Å². The van der Waals surface area contributed by atoms with Crippen molar-refractivity contribution < 1.29 is 9.53 Å². The van der Waals surface area contributed by atoms with Gasteiger partial charge < -0.3 is 15.8 Å². The van der Waals surface area contributed by atoms with Gasteiger partial charge in [-0.1, -0.05) is 25.5 Å². The van der Waals surface area contributed by atoms with Crippen LogP contribution in [-0.4, -0.2) is 17.6 Å². The zero-order chi connectivity index (χ0) is 16.0. The Labute approximate surface area is 128 Å². The topological polar surface area (TPSA) is 64.4 Å². The predicted octanol–water partition coefficient (Wildman–Crippen LogP) is 2.92. The zero-order valence-corrected chi connectivity index (χ0v) is 13.8. The summed E-state index contributed by atoms with van der Waals surface area (Å²) in [5.74, 6) is 0.700. The minimum absolute atomic E-state index is 0.112. The van der Waals surface area contributed by atoms with Gasteiger partial charge in [0.1, 0.15) is 11.4 Å². The van der Waals surface area contributed by atoms with Crippen LogP contribution in [0.25, 0.3) is 0 Å². The van der Waals surface area contributed by atoms with Crippen LogP contribution in [0.5, 0.6) is 5.75 Å². The number of nitrogens with one attached hydrogen (secondary N) is 1. The Morgan fingerprint density at radius 3 is 2.62 bits per heavy atom. The lowest BCUT2D eigenvalue weighted by Crippen LogP contribution is -2.40. The Bertz CT molecular complexity index is 478. The third kappa shape index (κ3) is 6.17. The molecule has 0 saturated carbocycles. The molecule has 1 atom stereocenters. The molecule has 21 heavy (non-hydrogen) atoms. The molecule has 1 rings (SSSR count). The van der Waals surface area contributed by atoms with Crippen molar-refractivity contribution in [3.05, 3.63) is 29.3 Å². The Hall–Kier alpha value is -1.55. The molecule has 1 aromatic carbocycles. The first-order valence-corrected chi connectivity index (χ1v) is 7.54. The number of ether oxygens (including phenoxy) is 1. The first-order valence-electron chi connectivity index (χ1n) is 7.54. The van der Waals surface area contributed by atoms with Gasteiger partial charge in [-0.25, -0.2) is 0 Å². The average molecular weight is 292 g/mol. The van der Waals surface area contributed by atoms with E-state index < -0.39 is 6.04 Å². The average Bonchev–Trinajstić information content (AvgIpc) is 2.35. The van der Waals surface area contributed by atoms with E-state index in [-0.39, 0.29) is 11.5 Å². The first-order chi connectivity index (χ1) is 9.73. The number of benzene rings is 1. The molecule has 0 aliphatic heterocycles. The number of hydrogen-bond donors (Lipinski definition) is 2. The van der Waals surface area contributed by atoms with Crippen molar-refractivity contribution in [2.75, 3.05) is 0 Å². The predicted molar refractivity (Wildman–Crippen MR) is 86.3 cm³/mol. The molecule has 0 aliphatic carbocycles. The van der Waals surface area contributed by atoms with Crippen molar-refractivity contribution in [1.29, 1.82) is 0 Å². The Morgan fingerprint density at radius 1 is 1.38 bits per heavy atom. The van der Waals surface area contributed by atoms with Crippen LogP contribution < -0.4 is 15.8 Å². The number of aryl methyl sites for hydroxylation is 1. The Morgan fingerprint density at radius 2 is 2.05 bits per heavy atom. The second-order valence-electron chi connectivity index (χ2n) is 6.44. The third-order valence-corrected chi connectivity index (χ3v) is 3.03. The Balaban J connectivity index is 2.76. The minimum Gasteiger partial charge on any atom is -0.488 e. The molecule has 1 amide bonds.